The molecule has 1 saturated heterocycles. The van der Waals surface area contributed by atoms with Crippen LogP contribution in [0, 0.1) is 13.8 Å². The number of aliphatic hydroxyl groups excluding tert-OH is 1. The lowest BCUT2D eigenvalue weighted by molar-refractivity contribution is -0.140. The van der Waals surface area contributed by atoms with Crippen molar-refractivity contribution in [3.05, 3.63) is 65.0 Å². The van der Waals surface area contributed by atoms with Crippen molar-refractivity contribution >= 4 is 23.1 Å². The number of Topliss-reactive ketones (excluding diaryl/α,β-unsaturated/α-hetero) is 1. The number of hydrogen-bond acceptors (Lipinski definition) is 6. The molecular formula is C25H30N4O4. The number of fused-ring (bicyclic) bond motifs is 1. The molecule has 4 rings (SSSR count). The van der Waals surface area contributed by atoms with Crippen LogP contribution in [0.15, 0.2) is 46.5 Å². The van der Waals surface area contributed by atoms with Crippen molar-refractivity contribution in [1.82, 2.24) is 19.2 Å². The van der Waals surface area contributed by atoms with Crippen LogP contribution in [0.25, 0.3) is 11.4 Å². The van der Waals surface area contributed by atoms with E-state index in [-0.39, 0.29) is 11.3 Å². The molecule has 1 aliphatic heterocycles. The lowest BCUT2D eigenvalue weighted by Crippen LogP contribution is -2.33. The maximum absolute atomic E-state index is 13.2. The number of ketones is 1. The smallest absolute Gasteiger partial charge is 0.295 e. The minimum atomic E-state index is -0.788. The zero-order valence-corrected chi connectivity index (χ0v) is 19.5. The first kappa shape index (κ1) is 22.8. The van der Waals surface area contributed by atoms with Gasteiger partial charge < -0.3 is 19.3 Å². The Labute approximate surface area is 193 Å². The van der Waals surface area contributed by atoms with Crippen molar-refractivity contribution in [3.63, 3.8) is 0 Å². The van der Waals surface area contributed by atoms with Crippen molar-refractivity contribution in [2.24, 2.45) is 0 Å². The maximum atomic E-state index is 13.2. The van der Waals surface area contributed by atoms with Gasteiger partial charge in [0, 0.05) is 12.7 Å². The van der Waals surface area contributed by atoms with E-state index in [1.165, 1.54) is 4.90 Å². The number of likely N-dealkylation sites (tertiary alicyclic amines) is 1. The molecule has 1 atom stereocenters. The van der Waals surface area contributed by atoms with Gasteiger partial charge in [0.15, 0.2) is 5.76 Å². The molecule has 3 aromatic heterocycles. The van der Waals surface area contributed by atoms with Gasteiger partial charge in [-0.1, -0.05) is 19.9 Å². The van der Waals surface area contributed by atoms with E-state index in [2.05, 4.69) is 23.7 Å². The quantitative estimate of drug-likeness (QED) is 0.320. The monoisotopic (exact) mass is 450 g/mol. The van der Waals surface area contributed by atoms with Gasteiger partial charge in [0.2, 0.25) is 0 Å². The Balaban J connectivity index is 1.79. The van der Waals surface area contributed by atoms with Gasteiger partial charge in [0.1, 0.15) is 28.9 Å². The second kappa shape index (κ2) is 9.23. The SMILES string of the molecule is CCN(CC)CCCN1C(=O)C(=O)C(=C(O)c2c(C)nc3ccccn23)[C@H]1c1ccc(C)o1. The van der Waals surface area contributed by atoms with Crippen LogP contribution in [0.4, 0.5) is 0 Å². The fourth-order valence-corrected chi connectivity index (χ4v) is 4.54. The molecule has 1 amide bonds. The van der Waals surface area contributed by atoms with Crippen LogP contribution in [-0.4, -0.2) is 62.2 Å². The molecule has 1 fully saturated rings. The van der Waals surface area contributed by atoms with Crippen molar-refractivity contribution in [3.8, 4) is 0 Å². The Morgan fingerprint density at radius 3 is 2.58 bits per heavy atom. The predicted molar refractivity (Wildman–Crippen MR) is 125 cm³/mol. The van der Waals surface area contributed by atoms with Gasteiger partial charge >= 0.3 is 0 Å². The Morgan fingerprint density at radius 1 is 1.15 bits per heavy atom. The summed E-state index contributed by atoms with van der Waals surface area (Å²) >= 11 is 0. The lowest BCUT2D eigenvalue weighted by Gasteiger charge is -2.25. The van der Waals surface area contributed by atoms with Crippen molar-refractivity contribution in [2.75, 3.05) is 26.2 Å². The van der Waals surface area contributed by atoms with Gasteiger partial charge in [0.05, 0.1) is 11.3 Å². The maximum Gasteiger partial charge on any atom is 0.295 e. The second-order valence-corrected chi connectivity index (χ2v) is 8.30. The number of nitrogens with zero attached hydrogens (tertiary/aromatic N) is 4. The minimum Gasteiger partial charge on any atom is -0.505 e. The van der Waals surface area contributed by atoms with E-state index in [0.29, 0.717) is 41.5 Å². The fraction of sp³-hybridized carbons (Fsp3) is 0.400. The number of hydrogen-bond donors (Lipinski definition) is 1. The Bertz CT molecular complexity index is 1220. The fourth-order valence-electron chi connectivity index (χ4n) is 4.54. The highest BCUT2D eigenvalue weighted by atomic mass is 16.3. The molecule has 8 heteroatoms. The van der Waals surface area contributed by atoms with Crippen molar-refractivity contribution < 1.29 is 19.1 Å². The van der Waals surface area contributed by atoms with Gasteiger partial charge in [-0.2, -0.15) is 0 Å². The normalized spacial score (nSPS) is 18.2. The first-order valence-corrected chi connectivity index (χ1v) is 11.4. The van der Waals surface area contributed by atoms with Gasteiger partial charge in [0.25, 0.3) is 11.7 Å². The highest BCUT2D eigenvalue weighted by Crippen LogP contribution is 2.40. The van der Waals surface area contributed by atoms with E-state index >= 15 is 0 Å². The topological polar surface area (TPSA) is 91.3 Å². The van der Waals surface area contributed by atoms with E-state index in [1.54, 1.807) is 29.7 Å². The highest BCUT2D eigenvalue weighted by Gasteiger charge is 2.47. The standard InChI is InChI=1S/C25H30N4O4/c1-5-27(6-2)13-9-15-29-22(18-12-11-16(3)33-18)20(24(31)25(29)32)23(30)21-17(4)26-19-10-7-8-14-28(19)21/h7-8,10-12,14,22,30H,5-6,9,13,15H2,1-4H3/t22-/m1/s1. The van der Waals surface area contributed by atoms with E-state index < -0.39 is 17.7 Å². The average molecular weight is 451 g/mol. The third kappa shape index (κ3) is 4.06. The van der Waals surface area contributed by atoms with Crippen LogP contribution in [0.5, 0.6) is 0 Å². The zero-order chi connectivity index (χ0) is 23.7. The molecule has 3 aromatic rings. The number of furan rings is 1. The third-order valence-electron chi connectivity index (χ3n) is 6.27. The summed E-state index contributed by atoms with van der Waals surface area (Å²) in [6.45, 7) is 10.8. The summed E-state index contributed by atoms with van der Waals surface area (Å²) in [7, 11) is 0. The van der Waals surface area contributed by atoms with E-state index in [0.717, 1.165) is 19.6 Å². The van der Waals surface area contributed by atoms with Crippen LogP contribution in [0.2, 0.25) is 0 Å². The Morgan fingerprint density at radius 2 is 1.91 bits per heavy atom. The molecule has 4 heterocycles. The van der Waals surface area contributed by atoms with Crippen LogP contribution in [-0.2, 0) is 9.59 Å². The first-order chi connectivity index (χ1) is 15.9. The molecule has 0 aromatic carbocycles. The van der Waals surface area contributed by atoms with E-state index in [9.17, 15) is 14.7 Å². The van der Waals surface area contributed by atoms with Crippen LogP contribution >= 0.6 is 0 Å². The number of rotatable bonds is 8. The molecule has 0 aliphatic carbocycles. The molecule has 174 valence electrons. The number of carbonyl (C=O) groups excluding carboxylic acids is 2. The number of imidazole rings is 1. The molecule has 0 bridgehead atoms. The van der Waals surface area contributed by atoms with Gasteiger partial charge in [-0.15, -0.1) is 0 Å². The summed E-state index contributed by atoms with van der Waals surface area (Å²) in [6.07, 6.45) is 2.48. The molecule has 0 unspecified atom stereocenters. The van der Waals surface area contributed by atoms with Crippen molar-refractivity contribution in [2.45, 2.75) is 40.2 Å². The minimum absolute atomic E-state index is 0.0333. The molecule has 1 N–H and O–H groups in total. The van der Waals surface area contributed by atoms with Crippen LogP contribution in [0.1, 0.15) is 49.2 Å². The lowest BCUT2D eigenvalue weighted by atomic mass is 10.0. The number of aliphatic hydroxyl groups is 1. The number of aromatic nitrogens is 2. The van der Waals surface area contributed by atoms with Gasteiger partial charge in [-0.05, 0) is 64.2 Å². The summed E-state index contributed by atoms with van der Waals surface area (Å²) < 4.78 is 7.58. The number of amides is 1. The van der Waals surface area contributed by atoms with Crippen LogP contribution in [0.3, 0.4) is 0 Å². The summed E-state index contributed by atoms with van der Waals surface area (Å²) in [5.41, 5.74) is 1.65. The molecule has 33 heavy (non-hydrogen) atoms. The number of carbonyl (C=O) groups is 2. The van der Waals surface area contributed by atoms with E-state index in [4.69, 9.17) is 4.42 Å². The molecule has 0 radical (unpaired) electrons. The second-order valence-electron chi connectivity index (χ2n) is 8.30. The predicted octanol–water partition coefficient (Wildman–Crippen LogP) is 3.70. The summed E-state index contributed by atoms with van der Waals surface area (Å²) in [5.74, 6) is -0.441. The summed E-state index contributed by atoms with van der Waals surface area (Å²) in [5, 5.41) is 11.4. The first-order valence-electron chi connectivity index (χ1n) is 11.4. The average Bonchev–Trinajstić information content (AvgIpc) is 3.45. The molecule has 8 nitrogen and oxygen atoms in total. The largest absolute Gasteiger partial charge is 0.505 e. The highest BCUT2D eigenvalue weighted by molar-refractivity contribution is 6.46. The van der Waals surface area contributed by atoms with Crippen LogP contribution < -0.4 is 0 Å². The summed E-state index contributed by atoms with van der Waals surface area (Å²) in [6, 6.07) is 8.27. The third-order valence-corrected chi connectivity index (χ3v) is 6.27. The van der Waals surface area contributed by atoms with Gasteiger partial charge in [-0.25, -0.2) is 4.98 Å². The summed E-state index contributed by atoms with van der Waals surface area (Å²) in [4.78, 5) is 34.6. The molecule has 0 saturated carbocycles. The molecule has 0 spiro atoms. The Hall–Kier alpha value is -3.39. The van der Waals surface area contributed by atoms with Crippen molar-refractivity contribution in [1.29, 1.82) is 0 Å². The molecule has 1 aliphatic rings. The Kier molecular flexibility index (Phi) is 6.37. The molecular weight excluding hydrogens is 420 g/mol. The number of pyridine rings is 1. The zero-order valence-electron chi connectivity index (χ0n) is 19.5. The number of aryl methyl sites for hydroxylation is 2. The van der Waals surface area contributed by atoms with E-state index in [1.807, 2.05) is 25.1 Å². The van der Waals surface area contributed by atoms with Gasteiger partial charge in [-0.3, -0.25) is 14.0 Å².